The molecule has 2 aromatic rings. The van der Waals surface area contributed by atoms with Crippen LogP contribution in [0.25, 0.3) is 5.69 Å². The van der Waals surface area contributed by atoms with Crippen LogP contribution >= 0.6 is 0 Å². The topological polar surface area (TPSA) is 59.4 Å². The summed E-state index contributed by atoms with van der Waals surface area (Å²) in [5.74, 6) is 0.697. The molecule has 0 aliphatic carbocycles. The van der Waals surface area contributed by atoms with E-state index >= 15 is 0 Å². The van der Waals surface area contributed by atoms with E-state index in [-0.39, 0.29) is 0 Å². The first-order valence-corrected chi connectivity index (χ1v) is 8.47. The molecule has 1 saturated heterocycles. The molecule has 5 heteroatoms. The van der Waals surface area contributed by atoms with Crippen molar-refractivity contribution >= 4 is 5.96 Å². The minimum Gasteiger partial charge on any atom is -0.370 e. The smallest absolute Gasteiger partial charge is 0.191 e. The maximum absolute atomic E-state index is 6.13. The van der Waals surface area contributed by atoms with Gasteiger partial charge in [-0.05, 0) is 37.0 Å². The van der Waals surface area contributed by atoms with Gasteiger partial charge in [0.25, 0.3) is 0 Å². The number of guanidine groups is 1. The van der Waals surface area contributed by atoms with Gasteiger partial charge in [-0.3, -0.25) is 4.99 Å². The molecule has 1 aliphatic heterocycles. The summed E-state index contributed by atoms with van der Waals surface area (Å²) in [4.78, 5) is 6.77. The van der Waals surface area contributed by atoms with Crippen molar-refractivity contribution < 1.29 is 0 Å². The Morgan fingerprint density at radius 2 is 1.83 bits per heavy atom. The SMILES string of the molecule is NC(=NCCc1cnn(-c2ccccc2)c1)N1CCCCCC1. The first-order valence-electron chi connectivity index (χ1n) is 8.47. The molecule has 1 aromatic heterocycles. The van der Waals surface area contributed by atoms with Crippen LogP contribution in [0.1, 0.15) is 31.2 Å². The van der Waals surface area contributed by atoms with Gasteiger partial charge in [0.15, 0.2) is 5.96 Å². The Hall–Kier alpha value is -2.30. The molecule has 2 heterocycles. The van der Waals surface area contributed by atoms with E-state index in [4.69, 9.17) is 5.73 Å². The van der Waals surface area contributed by atoms with E-state index in [0.717, 1.165) is 25.2 Å². The summed E-state index contributed by atoms with van der Waals surface area (Å²) in [6, 6.07) is 10.1. The van der Waals surface area contributed by atoms with E-state index in [1.54, 1.807) is 0 Å². The van der Waals surface area contributed by atoms with Gasteiger partial charge in [-0.2, -0.15) is 5.10 Å². The second-order valence-electron chi connectivity index (χ2n) is 6.02. The molecule has 0 amide bonds. The summed E-state index contributed by atoms with van der Waals surface area (Å²) in [6.45, 7) is 2.80. The Balaban J connectivity index is 1.54. The first-order chi connectivity index (χ1) is 11.3. The summed E-state index contributed by atoms with van der Waals surface area (Å²) < 4.78 is 1.90. The minimum absolute atomic E-state index is 0.697. The van der Waals surface area contributed by atoms with Gasteiger partial charge < -0.3 is 10.6 Å². The molecule has 1 aromatic carbocycles. The lowest BCUT2D eigenvalue weighted by Crippen LogP contribution is -2.38. The van der Waals surface area contributed by atoms with E-state index in [1.165, 1.54) is 31.2 Å². The van der Waals surface area contributed by atoms with Crippen LogP contribution in [0.5, 0.6) is 0 Å². The van der Waals surface area contributed by atoms with E-state index < -0.39 is 0 Å². The highest BCUT2D eigenvalue weighted by atomic mass is 15.3. The zero-order valence-corrected chi connectivity index (χ0v) is 13.6. The van der Waals surface area contributed by atoms with Gasteiger partial charge >= 0.3 is 0 Å². The van der Waals surface area contributed by atoms with Crippen molar-refractivity contribution in [1.82, 2.24) is 14.7 Å². The van der Waals surface area contributed by atoms with Crippen LogP contribution in [0.4, 0.5) is 0 Å². The normalized spacial score (nSPS) is 16.3. The standard InChI is InChI=1S/C18H25N5/c19-18(22-12-6-1-2-7-13-22)20-11-10-16-14-21-23(15-16)17-8-4-3-5-9-17/h3-5,8-9,14-15H,1-2,6-7,10-13H2,(H2,19,20). The highest BCUT2D eigenvalue weighted by Crippen LogP contribution is 2.10. The third-order valence-corrected chi connectivity index (χ3v) is 4.26. The Labute approximate surface area is 137 Å². The molecular formula is C18H25N5. The molecule has 0 unspecified atom stereocenters. The minimum atomic E-state index is 0.697. The van der Waals surface area contributed by atoms with E-state index in [1.807, 2.05) is 41.2 Å². The predicted octanol–water partition coefficient (Wildman–Crippen LogP) is 2.61. The molecule has 122 valence electrons. The Kier molecular flexibility index (Phi) is 5.29. The average molecular weight is 311 g/mol. The molecule has 23 heavy (non-hydrogen) atoms. The molecule has 1 aliphatic rings. The molecule has 2 N–H and O–H groups in total. The lowest BCUT2D eigenvalue weighted by Gasteiger charge is -2.20. The number of benzene rings is 1. The molecule has 0 atom stereocenters. The van der Waals surface area contributed by atoms with Gasteiger partial charge in [0.05, 0.1) is 11.9 Å². The number of aliphatic imine (C=N–C) groups is 1. The molecular weight excluding hydrogens is 286 g/mol. The Morgan fingerprint density at radius 1 is 1.09 bits per heavy atom. The number of hydrogen-bond donors (Lipinski definition) is 1. The van der Waals surface area contributed by atoms with E-state index in [9.17, 15) is 0 Å². The quantitative estimate of drug-likeness (QED) is 0.697. The number of hydrogen-bond acceptors (Lipinski definition) is 2. The Morgan fingerprint density at radius 3 is 2.57 bits per heavy atom. The van der Waals surface area contributed by atoms with Crippen LogP contribution in [-0.4, -0.2) is 40.3 Å². The average Bonchev–Trinajstić information content (AvgIpc) is 2.89. The van der Waals surface area contributed by atoms with Crippen LogP contribution in [0, 0.1) is 0 Å². The Bertz CT molecular complexity index is 624. The fraction of sp³-hybridized carbons (Fsp3) is 0.444. The lowest BCUT2D eigenvalue weighted by atomic mass is 10.2. The third-order valence-electron chi connectivity index (χ3n) is 4.26. The number of nitrogens with zero attached hydrogens (tertiary/aromatic N) is 4. The van der Waals surface area contributed by atoms with Crippen molar-refractivity contribution in [2.24, 2.45) is 10.7 Å². The second kappa shape index (κ2) is 7.81. The van der Waals surface area contributed by atoms with Gasteiger partial charge in [-0.1, -0.05) is 31.0 Å². The summed E-state index contributed by atoms with van der Waals surface area (Å²) in [5.41, 5.74) is 8.39. The van der Waals surface area contributed by atoms with Crippen molar-refractivity contribution in [3.05, 3.63) is 48.3 Å². The predicted molar refractivity (Wildman–Crippen MR) is 93.8 cm³/mol. The number of para-hydroxylation sites is 1. The van der Waals surface area contributed by atoms with Gasteiger partial charge in [0.2, 0.25) is 0 Å². The molecule has 5 nitrogen and oxygen atoms in total. The first kappa shape index (κ1) is 15.6. The number of aromatic nitrogens is 2. The largest absolute Gasteiger partial charge is 0.370 e. The van der Waals surface area contributed by atoms with Gasteiger partial charge in [-0.25, -0.2) is 4.68 Å². The molecule has 1 fully saturated rings. The number of nitrogens with two attached hydrogens (primary N) is 1. The van der Waals surface area contributed by atoms with Gasteiger partial charge in [0.1, 0.15) is 0 Å². The molecule has 0 radical (unpaired) electrons. The fourth-order valence-corrected chi connectivity index (χ4v) is 2.91. The van der Waals surface area contributed by atoms with E-state index in [2.05, 4.69) is 21.2 Å². The van der Waals surface area contributed by atoms with Crippen LogP contribution in [0.15, 0.2) is 47.7 Å². The highest BCUT2D eigenvalue weighted by Gasteiger charge is 2.10. The number of rotatable bonds is 4. The van der Waals surface area contributed by atoms with E-state index in [0.29, 0.717) is 12.5 Å². The summed E-state index contributed by atoms with van der Waals surface area (Å²) >= 11 is 0. The maximum atomic E-state index is 6.13. The van der Waals surface area contributed by atoms with Gasteiger partial charge in [-0.15, -0.1) is 0 Å². The zero-order valence-electron chi connectivity index (χ0n) is 13.6. The van der Waals surface area contributed by atoms with Gasteiger partial charge in [0, 0.05) is 25.8 Å². The maximum Gasteiger partial charge on any atom is 0.191 e. The molecule has 3 rings (SSSR count). The van der Waals surface area contributed by atoms with Crippen LogP contribution in [0.2, 0.25) is 0 Å². The highest BCUT2D eigenvalue weighted by molar-refractivity contribution is 5.78. The van der Waals surface area contributed by atoms with Crippen molar-refractivity contribution in [2.45, 2.75) is 32.1 Å². The monoisotopic (exact) mass is 311 g/mol. The summed E-state index contributed by atoms with van der Waals surface area (Å²) in [6.07, 6.45) is 9.89. The van der Waals surface area contributed by atoms with Crippen molar-refractivity contribution in [3.8, 4) is 5.69 Å². The second-order valence-corrected chi connectivity index (χ2v) is 6.02. The van der Waals surface area contributed by atoms with Crippen molar-refractivity contribution in [2.75, 3.05) is 19.6 Å². The molecule has 0 spiro atoms. The summed E-state index contributed by atoms with van der Waals surface area (Å²) in [5, 5.41) is 4.41. The number of likely N-dealkylation sites (tertiary alicyclic amines) is 1. The summed E-state index contributed by atoms with van der Waals surface area (Å²) in [7, 11) is 0. The zero-order chi connectivity index (χ0) is 15.9. The fourth-order valence-electron chi connectivity index (χ4n) is 2.91. The lowest BCUT2D eigenvalue weighted by molar-refractivity contribution is 0.428. The molecule has 0 bridgehead atoms. The molecule has 0 saturated carbocycles. The van der Waals surface area contributed by atoms with Crippen LogP contribution in [0.3, 0.4) is 0 Å². The van der Waals surface area contributed by atoms with Crippen molar-refractivity contribution in [3.63, 3.8) is 0 Å². The van der Waals surface area contributed by atoms with Crippen molar-refractivity contribution in [1.29, 1.82) is 0 Å². The third kappa shape index (κ3) is 4.34. The van der Waals surface area contributed by atoms with Crippen LogP contribution < -0.4 is 5.73 Å². The van der Waals surface area contributed by atoms with Crippen LogP contribution in [-0.2, 0) is 6.42 Å².